The van der Waals surface area contributed by atoms with Crippen LogP contribution in [0.3, 0.4) is 0 Å². The lowest BCUT2D eigenvalue weighted by Gasteiger charge is -2.33. The largest absolute Gasteiger partial charge is 0.349 e. The molecule has 0 aliphatic rings. The van der Waals surface area contributed by atoms with Crippen LogP contribution >= 0.6 is 0 Å². The van der Waals surface area contributed by atoms with Crippen molar-refractivity contribution in [1.82, 2.24) is 5.32 Å². The first-order chi connectivity index (χ1) is 8.80. The van der Waals surface area contributed by atoms with Crippen LogP contribution in [0.5, 0.6) is 0 Å². The van der Waals surface area contributed by atoms with Crippen LogP contribution in [0.15, 0.2) is 18.2 Å². The zero-order chi connectivity index (χ0) is 14.6. The number of carbonyl (C=O) groups is 1. The number of hydrogen-bond acceptors (Lipinski definition) is 2. The normalized spacial score (nSPS) is 14.3. The third-order valence-electron chi connectivity index (χ3n) is 3.52. The Morgan fingerprint density at radius 3 is 2.32 bits per heavy atom. The number of benzene rings is 1. The first-order valence-electron chi connectivity index (χ1n) is 6.24. The molecule has 0 saturated heterocycles. The van der Waals surface area contributed by atoms with E-state index in [-0.39, 0.29) is 24.4 Å². The molecule has 1 rings (SSSR count). The molecule has 1 amide bonds. The third-order valence-corrected chi connectivity index (χ3v) is 3.52. The van der Waals surface area contributed by atoms with E-state index >= 15 is 0 Å². The summed E-state index contributed by atoms with van der Waals surface area (Å²) >= 11 is 0. The average molecular weight is 270 g/mol. The van der Waals surface area contributed by atoms with E-state index in [1.165, 1.54) is 6.07 Å². The predicted molar refractivity (Wildman–Crippen MR) is 70.5 cm³/mol. The Kier molecular flexibility index (Phi) is 5.00. The Morgan fingerprint density at radius 1 is 1.37 bits per heavy atom. The maximum absolute atomic E-state index is 13.4. The highest BCUT2D eigenvalue weighted by Crippen LogP contribution is 2.17. The predicted octanol–water partition coefficient (Wildman–Crippen LogP) is 2.00. The van der Waals surface area contributed by atoms with Crippen LogP contribution in [0, 0.1) is 17.6 Å². The average Bonchev–Trinajstić information content (AvgIpc) is 2.33. The SMILES string of the molecule is CC(C)C(C)(CN)NC(=O)Cc1c(F)cccc1F. The van der Waals surface area contributed by atoms with Gasteiger partial charge in [0.05, 0.1) is 12.0 Å². The minimum Gasteiger partial charge on any atom is -0.349 e. The lowest BCUT2D eigenvalue weighted by molar-refractivity contribution is -0.122. The first-order valence-corrected chi connectivity index (χ1v) is 6.24. The molecule has 1 unspecified atom stereocenters. The molecule has 1 aromatic rings. The van der Waals surface area contributed by atoms with Crippen LogP contribution in [0.2, 0.25) is 0 Å². The van der Waals surface area contributed by atoms with E-state index in [0.29, 0.717) is 0 Å². The second-order valence-electron chi connectivity index (χ2n) is 5.20. The van der Waals surface area contributed by atoms with E-state index in [1.54, 1.807) is 0 Å². The first kappa shape index (κ1) is 15.6. The van der Waals surface area contributed by atoms with Crippen LogP contribution in [0.4, 0.5) is 8.78 Å². The Labute approximate surface area is 112 Å². The maximum Gasteiger partial charge on any atom is 0.225 e. The van der Waals surface area contributed by atoms with Crippen molar-refractivity contribution in [2.75, 3.05) is 6.54 Å². The quantitative estimate of drug-likeness (QED) is 0.859. The molecule has 19 heavy (non-hydrogen) atoms. The van der Waals surface area contributed by atoms with Crippen molar-refractivity contribution in [2.45, 2.75) is 32.7 Å². The fourth-order valence-electron chi connectivity index (χ4n) is 1.66. The second-order valence-corrected chi connectivity index (χ2v) is 5.20. The van der Waals surface area contributed by atoms with Crippen molar-refractivity contribution in [2.24, 2.45) is 11.7 Å². The van der Waals surface area contributed by atoms with Crippen molar-refractivity contribution < 1.29 is 13.6 Å². The maximum atomic E-state index is 13.4. The molecule has 106 valence electrons. The summed E-state index contributed by atoms with van der Waals surface area (Å²) in [6.45, 7) is 5.93. The van der Waals surface area contributed by atoms with Gasteiger partial charge in [-0.25, -0.2) is 8.78 Å². The summed E-state index contributed by atoms with van der Waals surface area (Å²) in [7, 11) is 0. The molecule has 3 N–H and O–H groups in total. The summed E-state index contributed by atoms with van der Waals surface area (Å²) in [6.07, 6.45) is -0.333. The molecule has 0 radical (unpaired) electrons. The van der Waals surface area contributed by atoms with Gasteiger partial charge < -0.3 is 11.1 Å². The van der Waals surface area contributed by atoms with Gasteiger partial charge in [0.25, 0.3) is 0 Å². The molecular weight excluding hydrogens is 250 g/mol. The number of nitrogens with one attached hydrogen (secondary N) is 1. The zero-order valence-electron chi connectivity index (χ0n) is 11.5. The van der Waals surface area contributed by atoms with E-state index in [9.17, 15) is 13.6 Å². The Morgan fingerprint density at radius 2 is 1.89 bits per heavy atom. The van der Waals surface area contributed by atoms with E-state index in [2.05, 4.69) is 5.32 Å². The van der Waals surface area contributed by atoms with Gasteiger partial charge in [-0.1, -0.05) is 19.9 Å². The van der Waals surface area contributed by atoms with E-state index in [4.69, 9.17) is 5.73 Å². The zero-order valence-corrected chi connectivity index (χ0v) is 11.5. The highest BCUT2D eigenvalue weighted by Gasteiger charge is 2.29. The summed E-state index contributed by atoms with van der Waals surface area (Å²) in [5.41, 5.74) is 4.84. The number of carbonyl (C=O) groups excluding carboxylic acids is 1. The van der Waals surface area contributed by atoms with Crippen LogP contribution in [0.1, 0.15) is 26.3 Å². The van der Waals surface area contributed by atoms with Gasteiger partial charge in [0.2, 0.25) is 5.91 Å². The Hall–Kier alpha value is -1.49. The summed E-state index contributed by atoms with van der Waals surface area (Å²) in [5.74, 6) is -1.75. The molecule has 0 bridgehead atoms. The monoisotopic (exact) mass is 270 g/mol. The Balaban J connectivity index is 2.81. The smallest absolute Gasteiger partial charge is 0.225 e. The number of nitrogens with two attached hydrogens (primary N) is 1. The minimum absolute atomic E-state index is 0.118. The molecule has 5 heteroatoms. The summed E-state index contributed by atoms with van der Waals surface area (Å²) in [5, 5.41) is 2.75. The van der Waals surface area contributed by atoms with E-state index in [1.807, 2.05) is 20.8 Å². The molecule has 0 aliphatic heterocycles. The number of hydrogen-bond donors (Lipinski definition) is 2. The van der Waals surface area contributed by atoms with Crippen LogP contribution in [0.25, 0.3) is 0 Å². The van der Waals surface area contributed by atoms with Crippen LogP contribution in [-0.4, -0.2) is 18.0 Å². The van der Waals surface area contributed by atoms with Crippen molar-refractivity contribution in [3.63, 3.8) is 0 Å². The molecule has 0 heterocycles. The van der Waals surface area contributed by atoms with Crippen molar-refractivity contribution in [3.8, 4) is 0 Å². The molecule has 0 aliphatic carbocycles. The van der Waals surface area contributed by atoms with Gasteiger partial charge in [0.1, 0.15) is 11.6 Å². The van der Waals surface area contributed by atoms with Gasteiger partial charge in [-0.2, -0.15) is 0 Å². The van der Waals surface area contributed by atoms with Crippen molar-refractivity contribution >= 4 is 5.91 Å². The van der Waals surface area contributed by atoms with Gasteiger partial charge in [0.15, 0.2) is 0 Å². The lowest BCUT2D eigenvalue weighted by atomic mass is 9.88. The molecule has 0 fully saturated rings. The van der Waals surface area contributed by atoms with Gasteiger partial charge in [0, 0.05) is 12.1 Å². The number of amides is 1. The fourth-order valence-corrected chi connectivity index (χ4v) is 1.66. The summed E-state index contributed by atoms with van der Waals surface area (Å²) in [4.78, 5) is 11.9. The van der Waals surface area contributed by atoms with Gasteiger partial charge in [-0.05, 0) is 25.0 Å². The standard InChI is InChI=1S/C14H20F2N2O/c1-9(2)14(3,8-17)18-13(19)7-10-11(15)5-4-6-12(10)16/h4-6,9H,7-8,17H2,1-3H3,(H,18,19). The number of halogens is 2. The Bertz CT molecular complexity index is 443. The van der Waals surface area contributed by atoms with Crippen molar-refractivity contribution in [3.05, 3.63) is 35.4 Å². The fraction of sp³-hybridized carbons (Fsp3) is 0.500. The highest BCUT2D eigenvalue weighted by molar-refractivity contribution is 5.79. The molecule has 0 aromatic heterocycles. The second kappa shape index (κ2) is 6.10. The summed E-state index contributed by atoms with van der Waals surface area (Å²) < 4.78 is 26.9. The molecular formula is C14H20F2N2O. The number of rotatable bonds is 5. The summed E-state index contributed by atoms with van der Waals surface area (Å²) in [6, 6.07) is 3.54. The van der Waals surface area contributed by atoms with Crippen molar-refractivity contribution in [1.29, 1.82) is 0 Å². The molecule has 3 nitrogen and oxygen atoms in total. The molecule has 0 spiro atoms. The van der Waals surface area contributed by atoms with Crippen LogP contribution < -0.4 is 11.1 Å². The van der Waals surface area contributed by atoms with E-state index in [0.717, 1.165) is 12.1 Å². The van der Waals surface area contributed by atoms with Crippen LogP contribution in [-0.2, 0) is 11.2 Å². The van der Waals surface area contributed by atoms with Gasteiger partial charge in [-0.15, -0.1) is 0 Å². The molecule has 1 aromatic carbocycles. The minimum atomic E-state index is -0.714. The lowest BCUT2D eigenvalue weighted by Crippen LogP contribution is -2.55. The topological polar surface area (TPSA) is 55.1 Å². The molecule has 1 atom stereocenters. The molecule has 0 saturated carbocycles. The van der Waals surface area contributed by atoms with E-state index < -0.39 is 23.1 Å². The highest BCUT2D eigenvalue weighted by atomic mass is 19.1. The van der Waals surface area contributed by atoms with Gasteiger partial charge >= 0.3 is 0 Å². The van der Waals surface area contributed by atoms with Gasteiger partial charge in [-0.3, -0.25) is 4.79 Å². The third kappa shape index (κ3) is 3.73.